The molecule has 1 aliphatic carbocycles. The predicted molar refractivity (Wildman–Crippen MR) is 164 cm³/mol. The van der Waals surface area contributed by atoms with Gasteiger partial charge in [-0.15, -0.1) is 0 Å². The lowest BCUT2D eigenvalue weighted by Gasteiger charge is -2.45. The van der Waals surface area contributed by atoms with Gasteiger partial charge in [0.1, 0.15) is 23.6 Å². The van der Waals surface area contributed by atoms with E-state index in [1.165, 1.54) is 29.4 Å². The molecule has 0 spiro atoms. The highest BCUT2D eigenvalue weighted by Crippen LogP contribution is 2.60. The van der Waals surface area contributed by atoms with Crippen LogP contribution in [0.1, 0.15) is 25.1 Å². The highest BCUT2D eigenvalue weighted by Gasteiger charge is 2.47. The lowest BCUT2D eigenvalue weighted by atomic mass is 9.70. The number of H-pyrrole nitrogens is 1. The van der Waals surface area contributed by atoms with Crippen molar-refractivity contribution in [3.63, 3.8) is 0 Å². The SMILES string of the molecule is Nc1ncnc2c1ncn2[C@@H]1C[C@@H]2CO[P@@](=O)(S)O[C@@H]3C[C@@H](CO[P@](=O)(S)OC[C@H]21)O[C@H]3n1cnc2c(=O)n3ccnc3[nH]c21. The second kappa shape index (κ2) is 10.9. The summed E-state index contributed by atoms with van der Waals surface area (Å²) in [5.41, 5.74) is 7.04. The quantitative estimate of drug-likeness (QED) is 0.154. The van der Waals surface area contributed by atoms with Gasteiger partial charge in [0.2, 0.25) is 5.78 Å². The molecule has 3 fully saturated rings. The van der Waals surface area contributed by atoms with Crippen LogP contribution < -0.4 is 11.3 Å². The summed E-state index contributed by atoms with van der Waals surface area (Å²) in [5.74, 6) is 0.0947. The number of thiol groups is 2. The van der Waals surface area contributed by atoms with Crippen LogP contribution in [0, 0.1) is 11.8 Å². The zero-order valence-corrected chi connectivity index (χ0v) is 26.7. The standard InChI is InChI=1S/C23H26N10O8P2S2/c24-18-16-19(27-8-26-18)32(9-28-16)14-3-11-5-37-43(36,45)41-15-4-12(6-38-42(35,44)39-7-13(11)14)40-22(15)33-10-29-17-20(33)30-23-25-1-2-31(23)21(17)34/h1-2,8-15,22H,3-7H2,(H,25,30)(H,35,44)(H,36,45)(H2,24,26,27)/t11-,12+,13-,14-,15-,22-,42+,43-/m1/s1. The van der Waals surface area contributed by atoms with Crippen LogP contribution in [0.15, 0.2) is 36.2 Å². The van der Waals surface area contributed by atoms with Crippen molar-refractivity contribution < 1.29 is 32.0 Å². The summed E-state index contributed by atoms with van der Waals surface area (Å²) in [5, 5.41) is 0. The molecule has 2 saturated heterocycles. The van der Waals surface area contributed by atoms with E-state index in [1.54, 1.807) is 10.9 Å². The third kappa shape index (κ3) is 5.21. The zero-order valence-electron chi connectivity index (χ0n) is 23.1. The number of rotatable bonds is 2. The van der Waals surface area contributed by atoms with E-state index in [-0.39, 0.29) is 61.0 Å². The molecule has 3 N–H and O–H groups in total. The topological polar surface area (TPSA) is 218 Å². The van der Waals surface area contributed by atoms with Crippen LogP contribution >= 0.6 is 38.1 Å². The van der Waals surface area contributed by atoms with E-state index in [4.69, 9.17) is 28.6 Å². The number of aromatic nitrogens is 9. The van der Waals surface area contributed by atoms with Gasteiger partial charge in [-0.2, -0.15) is 0 Å². The fourth-order valence-electron chi connectivity index (χ4n) is 6.21. The Morgan fingerprint density at radius 2 is 1.71 bits per heavy atom. The molecule has 0 aromatic carbocycles. The Balaban J connectivity index is 1.08. The van der Waals surface area contributed by atoms with Gasteiger partial charge in [0.05, 0.1) is 38.6 Å². The Kier molecular flexibility index (Phi) is 7.16. The molecular formula is C23H26N10O8P2S2. The Labute approximate surface area is 263 Å². The van der Waals surface area contributed by atoms with Crippen LogP contribution in [0.5, 0.6) is 0 Å². The van der Waals surface area contributed by atoms with Crippen LogP contribution in [-0.2, 0) is 32.0 Å². The van der Waals surface area contributed by atoms with E-state index in [1.807, 2.05) is 4.57 Å². The summed E-state index contributed by atoms with van der Waals surface area (Å²) >= 11 is 8.49. The fraction of sp³-hybridized carbons (Fsp3) is 0.478. The van der Waals surface area contributed by atoms with Gasteiger partial charge in [-0.25, -0.2) is 38.5 Å². The van der Waals surface area contributed by atoms with E-state index >= 15 is 0 Å². The van der Waals surface area contributed by atoms with Crippen molar-refractivity contribution >= 4 is 72.0 Å². The van der Waals surface area contributed by atoms with Crippen molar-refractivity contribution in [1.82, 2.24) is 43.4 Å². The largest absolute Gasteiger partial charge is 0.386 e. The molecule has 3 aliphatic rings. The molecule has 18 nitrogen and oxygen atoms in total. The molecule has 0 radical (unpaired) electrons. The Morgan fingerprint density at radius 1 is 0.933 bits per heavy atom. The number of anilines is 1. The monoisotopic (exact) mass is 696 g/mol. The van der Waals surface area contributed by atoms with E-state index in [9.17, 15) is 13.9 Å². The normalized spacial score (nSPS) is 34.5. The van der Waals surface area contributed by atoms with Crippen molar-refractivity contribution in [1.29, 1.82) is 0 Å². The van der Waals surface area contributed by atoms with Crippen LogP contribution in [0.25, 0.3) is 28.1 Å². The maximum Gasteiger partial charge on any atom is 0.386 e. The minimum atomic E-state index is -3.94. The molecule has 8 rings (SSSR count). The van der Waals surface area contributed by atoms with Crippen molar-refractivity contribution in [3.05, 3.63) is 41.7 Å². The molecule has 45 heavy (non-hydrogen) atoms. The van der Waals surface area contributed by atoms with E-state index in [0.29, 0.717) is 29.0 Å². The number of nitrogen functional groups attached to an aromatic ring is 1. The lowest BCUT2D eigenvalue weighted by Crippen LogP contribution is -2.43. The third-order valence-electron chi connectivity index (χ3n) is 8.47. The van der Waals surface area contributed by atoms with E-state index < -0.39 is 32.0 Å². The number of nitrogens with zero attached hydrogens (tertiary/aromatic N) is 8. The van der Waals surface area contributed by atoms with Crippen LogP contribution in [-0.4, -0.2) is 75.5 Å². The molecule has 0 unspecified atom stereocenters. The molecular weight excluding hydrogens is 670 g/mol. The number of ether oxygens (including phenoxy) is 1. The molecule has 22 heteroatoms. The highest BCUT2D eigenvalue weighted by molar-refractivity contribution is 8.44. The van der Waals surface area contributed by atoms with Crippen LogP contribution in [0.2, 0.25) is 0 Å². The first-order chi connectivity index (χ1) is 21.6. The molecule has 238 valence electrons. The molecule has 5 aromatic rings. The fourth-order valence-corrected chi connectivity index (χ4v) is 8.94. The highest BCUT2D eigenvalue weighted by atomic mass is 32.7. The maximum atomic E-state index is 13.6. The van der Waals surface area contributed by atoms with Gasteiger partial charge in [0.15, 0.2) is 23.2 Å². The first kappa shape index (κ1) is 29.6. The smallest absolute Gasteiger partial charge is 0.382 e. The summed E-state index contributed by atoms with van der Waals surface area (Å²) in [7, 11) is 0. The van der Waals surface area contributed by atoms with Gasteiger partial charge >= 0.3 is 13.6 Å². The van der Waals surface area contributed by atoms with Gasteiger partial charge < -0.3 is 29.1 Å². The molecule has 1 saturated carbocycles. The number of imidazole rings is 3. The van der Waals surface area contributed by atoms with Crippen molar-refractivity contribution in [2.45, 2.75) is 37.3 Å². The number of aromatic amines is 1. The lowest BCUT2D eigenvalue weighted by molar-refractivity contribution is -0.0426. The van der Waals surface area contributed by atoms with Gasteiger partial charge in [-0.05, 0) is 12.3 Å². The molecule has 2 bridgehead atoms. The maximum absolute atomic E-state index is 13.6. The van der Waals surface area contributed by atoms with E-state index in [2.05, 4.69) is 54.4 Å². The molecule has 2 aliphatic heterocycles. The summed E-state index contributed by atoms with van der Waals surface area (Å²) in [6.45, 7) is -7.97. The van der Waals surface area contributed by atoms with Gasteiger partial charge in [-0.1, -0.05) is 24.5 Å². The summed E-state index contributed by atoms with van der Waals surface area (Å²) in [6.07, 6.45) is 5.62. The molecule has 0 amide bonds. The first-order valence-corrected chi connectivity index (χ1v) is 19.2. The second-order valence-corrected chi connectivity index (χ2v) is 16.9. The third-order valence-corrected chi connectivity index (χ3v) is 11.8. The average Bonchev–Trinajstić information content (AvgIpc) is 3.77. The number of hydrogen-bond acceptors (Lipinski definition) is 14. The summed E-state index contributed by atoms with van der Waals surface area (Å²) in [4.78, 5) is 37.1. The van der Waals surface area contributed by atoms with Gasteiger partial charge in [0.25, 0.3) is 5.56 Å². The number of nitrogens with one attached hydrogen (secondary N) is 1. The van der Waals surface area contributed by atoms with Crippen molar-refractivity contribution in [2.24, 2.45) is 11.8 Å². The van der Waals surface area contributed by atoms with Gasteiger partial charge in [-0.3, -0.25) is 18.4 Å². The van der Waals surface area contributed by atoms with E-state index in [0.717, 1.165) is 0 Å². The summed E-state index contributed by atoms with van der Waals surface area (Å²) < 4.78 is 61.0. The predicted octanol–water partition coefficient (Wildman–Crippen LogP) is 2.78. The number of fused-ring (bicyclic) bond motifs is 6. The minimum Gasteiger partial charge on any atom is -0.382 e. The molecule has 8 atom stereocenters. The molecule has 5 aromatic heterocycles. The Hall–Kier alpha value is -2.80. The zero-order chi connectivity index (χ0) is 31.1. The number of hydrogen-bond donors (Lipinski definition) is 4. The first-order valence-electron chi connectivity index (χ1n) is 13.8. The summed E-state index contributed by atoms with van der Waals surface area (Å²) in [6, 6.07) is -0.179. The number of nitrogens with two attached hydrogens (primary N) is 1. The van der Waals surface area contributed by atoms with Crippen molar-refractivity contribution in [3.8, 4) is 0 Å². The second-order valence-electron chi connectivity index (χ2n) is 11.1. The van der Waals surface area contributed by atoms with Gasteiger partial charge in [0, 0.05) is 30.8 Å². The van der Waals surface area contributed by atoms with Crippen LogP contribution in [0.3, 0.4) is 0 Å². The minimum absolute atomic E-state index is 0.00759. The van der Waals surface area contributed by atoms with Crippen LogP contribution in [0.4, 0.5) is 5.82 Å². The Bertz CT molecular complexity index is 2100. The van der Waals surface area contributed by atoms with Crippen molar-refractivity contribution in [2.75, 3.05) is 25.6 Å². The Morgan fingerprint density at radius 3 is 2.58 bits per heavy atom. The average molecular weight is 697 g/mol. The molecule has 7 heterocycles.